The van der Waals surface area contributed by atoms with Crippen LogP contribution in [-0.4, -0.2) is 36.0 Å². The molecule has 9 nitrogen and oxygen atoms in total. The lowest BCUT2D eigenvalue weighted by molar-refractivity contribution is -0.384. The number of tetrazole rings is 1. The summed E-state index contributed by atoms with van der Waals surface area (Å²) in [5, 5.41) is 34.8. The van der Waals surface area contributed by atoms with Crippen LogP contribution in [0.3, 0.4) is 0 Å². The lowest BCUT2D eigenvalue weighted by Gasteiger charge is -2.06. The molecule has 0 aliphatic carbocycles. The van der Waals surface area contributed by atoms with Crippen LogP contribution >= 0.6 is 0 Å². The number of oxime groups is 1. The van der Waals surface area contributed by atoms with Gasteiger partial charge < -0.3 is 5.21 Å². The molecule has 1 N–H and O–H groups in total. The summed E-state index contributed by atoms with van der Waals surface area (Å²) in [6.07, 6.45) is 0.199. The molecule has 0 fully saturated rings. The van der Waals surface area contributed by atoms with E-state index in [-0.39, 0.29) is 12.1 Å². The van der Waals surface area contributed by atoms with Gasteiger partial charge in [-0.15, -0.1) is 5.10 Å². The maximum atomic E-state index is 10.7. The van der Waals surface area contributed by atoms with Gasteiger partial charge in [0, 0.05) is 12.1 Å². The Hall–Kier alpha value is -3.62. The van der Waals surface area contributed by atoms with Crippen LogP contribution in [0.25, 0.3) is 5.69 Å². The minimum atomic E-state index is -0.476. The fourth-order valence-corrected chi connectivity index (χ4v) is 2.21. The maximum Gasteiger partial charge on any atom is 0.269 e. The second-order valence-corrected chi connectivity index (χ2v) is 4.87. The molecule has 9 heteroatoms. The lowest BCUT2D eigenvalue weighted by Crippen LogP contribution is -2.11. The van der Waals surface area contributed by atoms with Gasteiger partial charge in [-0.25, -0.2) is 0 Å². The molecule has 3 rings (SSSR count). The summed E-state index contributed by atoms with van der Waals surface area (Å²) in [7, 11) is 0. The third-order valence-electron chi connectivity index (χ3n) is 3.39. The molecular weight excluding hydrogens is 312 g/mol. The molecule has 120 valence electrons. The predicted molar refractivity (Wildman–Crippen MR) is 84.3 cm³/mol. The summed E-state index contributed by atoms with van der Waals surface area (Å²) in [5.74, 6) is 0.445. The Kier molecular flexibility index (Phi) is 4.23. The van der Waals surface area contributed by atoms with Gasteiger partial charge in [-0.3, -0.25) is 10.1 Å². The summed E-state index contributed by atoms with van der Waals surface area (Å²) in [5.41, 5.74) is 1.72. The molecular formula is C15H12N6O3. The molecule has 0 aliphatic heterocycles. The van der Waals surface area contributed by atoms with Gasteiger partial charge >= 0.3 is 0 Å². The van der Waals surface area contributed by atoms with E-state index in [4.69, 9.17) is 0 Å². The zero-order valence-corrected chi connectivity index (χ0v) is 12.4. The Bertz CT molecular complexity index is 874. The predicted octanol–water partition coefficient (Wildman–Crippen LogP) is 1.99. The number of nitro benzene ring substituents is 1. The first-order chi connectivity index (χ1) is 11.7. The highest BCUT2D eigenvalue weighted by molar-refractivity contribution is 6.01. The number of hydrogen-bond donors (Lipinski definition) is 1. The van der Waals surface area contributed by atoms with Crippen LogP contribution in [0.2, 0.25) is 0 Å². The van der Waals surface area contributed by atoms with E-state index >= 15 is 0 Å². The van der Waals surface area contributed by atoms with E-state index < -0.39 is 4.92 Å². The van der Waals surface area contributed by atoms with Gasteiger partial charge in [-0.1, -0.05) is 35.5 Å². The third-order valence-corrected chi connectivity index (χ3v) is 3.39. The SMILES string of the molecule is O=[N+]([O-])c1ccc(-n2nnnc2C/C(=N/O)c2ccccc2)cc1. The van der Waals surface area contributed by atoms with Crippen LogP contribution in [0.15, 0.2) is 59.8 Å². The highest BCUT2D eigenvalue weighted by Gasteiger charge is 2.14. The van der Waals surface area contributed by atoms with Gasteiger partial charge in [0.25, 0.3) is 5.69 Å². The topological polar surface area (TPSA) is 119 Å². The number of nitro groups is 1. The molecule has 0 saturated heterocycles. The lowest BCUT2D eigenvalue weighted by atomic mass is 10.1. The Morgan fingerprint density at radius 1 is 1.17 bits per heavy atom. The van der Waals surface area contributed by atoms with Gasteiger partial charge in [0.05, 0.1) is 22.7 Å². The first-order valence-corrected chi connectivity index (χ1v) is 6.97. The van der Waals surface area contributed by atoms with Crippen molar-refractivity contribution in [2.45, 2.75) is 6.42 Å². The average Bonchev–Trinajstić information content (AvgIpc) is 3.08. The second-order valence-electron chi connectivity index (χ2n) is 4.87. The Morgan fingerprint density at radius 2 is 1.88 bits per heavy atom. The highest BCUT2D eigenvalue weighted by Crippen LogP contribution is 2.16. The zero-order chi connectivity index (χ0) is 16.9. The average molecular weight is 324 g/mol. The molecule has 0 atom stereocenters. The van der Waals surface area contributed by atoms with E-state index in [2.05, 4.69) is 20.7 Å². The molecule has 1 aromatic heterocycles. The van der Waals surface area contributed by atoms with E-state index in [0.29, 0.717) is 17.2 Å². The molecule has 0 bridgehead atoms. The number of nitrogens with zero attached hydrogens (tertiary/aromatic N) is 6. The van der Waals surface area contributed by atoms with Crippen LogP contribution in [0.1, 0.15) is 11.4 Å². The van der Waals surface area contributed by atoms with Gasteiger partial charge in [-0.05, 0) is 28.1 Å². The van der Waals surface area contributed by atoms with Crippen LogP contribution < -0.4 is 0 Å². The van der Waals surface area contributed by atoms with Crippen molar-refractivity contribution in [2.75, 3.05) is 0 Å². The number of non-ortho nitro benzene ring substituents is 1. The van der Waals surface area contributed by atoms with Crippen molar-refractivity contribution < 1.29 is 10.1 Å². The smallest absolute Gasteiger partial charge is 0.269 e. The molecule has 2 aromatic carbocycles. The second kappa shape index (κ2) is 6.65. The summed E-state index contributed by atoms with van der Waals surface area (Å²) in [6, 6.07) is 15.0. The fourth-order valence-electron chi connectivity index (χ4n) is 2.21. The Labute approximate surface area is 136 Å². The first kappa shape index (κ1) is 15.3. The van der Waals surface area contributed by atoms with Crippen LogP contribution in [0.5, 0.6) is 0 Å². The molecule has 0 radical (unpaired) electrons. The minimum absolute atomic E-state index is 0.0183. The van der Waals surface area contributed by atoms with Crippen molar-refractivity contribution in [2.24, 2.45) is 5.16 Å². The normalized spacial score (nSPS) is 11.4. The molecule has 24 heavy (non-hydrogen) atoms. The van der Waals surface area contributed by atoms with E-state index in [1.807, 2.05) is 30.3 Å². The molecule has 0 saturated carbocycles. The van der Waals surface area contributed by atoms with E-state index in [1.54, 1.807) is 12.1 Å². The number of aromatic nitrogens is 4. The Morgan fingerprint density at radius 3 is 2.50 bits per heavy atom. The summed E-state index contributed by atoms with van der Waals surface area (Å²) in [6.45, 7) is 0. The van der Waals surface area contributed by atoms with Gasteiger partial charge in [0.1, 0.15) is 0 Å². The quantitative estimate of drug-likeness (QED) is 0.332. The third kappa shape index (κ3) is 3.09. The summed E-state index contributed by atoms with van der Waals surface area (Å²) >= 11 is 0. The van der Waals surface area contributed by atoms with E-state index in [1.165, 1.54) is 16.8 Å². The molecule has 0 spiro atoms. The maximum absolute atomic E-state index is 10.7. The number of benzene rings is 2. The summed E-state index contributed by atoms with van der Waals surface area (Å²) in [4.78, 5) is 10.2. The molecule has 1 heterocycles. The van der Waals surface area contributed by atoms with Crippen molar-refractivity contribution in [3.63, 3.8) is 0 Å². The van der Waals surface area contributed by atoms with Gasteiger partial charge in [0.2, 0.25) is 0 Å². The van der Waals surface area contributed by atoms with Gasteiger partial charge in [0.15, 0.2) is 5.82 Å². The zero-order valence-electron chi connectivity index (χ0n) is 12.4. The standard InChI is InChI=1S/C15H12N6O3/c22-17-14(11-4-2-1-3-5-11)10-15-16-18-19-20(15)12-6-8-13(9-7-12)21(23)24/h1-9,22H,10H2/b17-14-. The molecule has 3 aromatic rings. The molecule has 0 unspecified atom stereocenters. The largest absolute Gasteiger partial charge is 0.411 e. The highest BCUT2D eigenvalue weighted by atomic mass is 16.6. The van der Waals surface area contributed by atoms with Crippen LogP contribution in [0.4, 0.5) is 5.69 Å². The van der Waals surface area contributed by atoms with Crippen LogP contribution in [0, 0.1) is 10.1 Å². The molecule has 0 aliphatic rings. The monoisotopic (exact) mass is 324 g/mol. The van der Waals surface area contributed by atoms with E-state index in [9.17, 15) is 15.3 Å². The Balaban J connectivity index is 1.89. The number of hydrogen-bond acceptors (Lipinski definition) is 7. The first-order valence-electron chi connectivity index (χ1n) is 6.97. The number of rotatable bonds is 5. The van der Waals surface area contributed by atoms with Crippen molar-refractivity contribution in [3.8, 4) is 5.69 Å². The molecule has 0 amide bonds. The van der Waals surface area contributed by atoms with Crippen molar-refractivity contribution in [1.82, 2.24) is 20.2 Å². The van der Waals surface area contributed by atoms with Gasteiger partial charge in [-0.2, -0.15) is 4.68 Å². The minimum Gasteiger partial charge on any atom is -0.411 e. The fraction of sp³-hybridized carbons (Fsp3) is 0.0667. The van der Waals surface area contributed by atoms with Crippen molar-refractivity contribution in [1.29, 1.82) is 0 Å². The van der Waals surface area contributed by atoms with Crippen molar-refractivity contribution in [3.05, 3.63) is 76.1 Å². The van der Waals surface area contributed by atoms with Crippen molar-refractivity contribution >= 4 is 11.4 Å². The summed E-state index contributed by atoms with van der Waals surface area (Å²) < 4.78 is 1.44. The van der Waals surface area contributed by atoms with E-state index in [0.717, 1.165) is 5.56 Å². The van der Waals surface area contributed by atoms with Crippen LogP contribution in [-0.2, 0) is 6.42 Å².